The van der Waals surface area contributed by atoms with Gasteiger partial charge in [-0.15, -0.1) is 0 Å². The smallest absolute Gasteiger partial charge is 0.404 e. The average molecular weight is 348 g/mol. The van der Waals surface area contributed by atoms with Gasteiger partial charge in [0.1, 0.15) is 0 Å². The molecule has 4 heterocycles. The molecule has 4 N–H and O–H groups in total. The minimum Gasteiger partial charge on any atom is -0.465 e. The Kier molecular flexibility index (Phi) is 3.96. The Balaban J connectivity index is 1.58. The van der Waals surface area contributed by atoms with Gasteiger partial charge in [-0.1, -0.05) is 0 Å². The Morgan fingerprint density at radius 2 is 2.08 bits per heavy atom. The number of hydrogen-bond donors (Lipinski definition) is 3. The van der Waals surface area contributed by atoms with Gasteiger partial charge in [-0.3, -0.25) is 0 Å². The fourth-order valence-corrected chi connectivity index (χ4v) is 3.25. The second-order valence-corrected chi connectivity index (χ2v) is 6.20. The molecule has 0 spiro atoms. The lowest BCUT2D eigenvalue weighted by atomic mass is 10.3. The Hall–Kier alpha value is -2.75. The van der Waals surface area contributed by atoms with Crippen molar-refractivity contribution in [3.8, 4) is 0 Å². The summed E-state index contributed by atoms with van der Waals surface area (Å²) in [5.74, 6) is 0.615. The number of nitrogens with zero attached hydrogens (tertiary/aromatic N) is 4. The van der Waals surface area contributed by atoms with Gasteiger partial charge < -0.3 is 35.1 Å². The number of hydrogen-bond acceptors (Lipinski definition) is 8. The highest BCUT2D eigenvalue weighted by Crippen LogP contribution is 2.30. The molecule has 2 aliphatic rings. The number of fused-ring (bicyclic) bond motifs is 1. The summed E-state index contributed by atoms with van der Waals surface area (Å²) in [5.41, 5.74) is 7.68. The van der Waals surface area contributed by atoms with Crippen molar-refractivity contribution in [1.29, 1.82) is 0 Å². The summed E-state index contributed by atoms with van der Waals surface area (Å²) >= 11 is 0. The largest absolute Gasteiger partial charge is 0.465 e. The maximum absolute atomic E-state index is 10.8. The number of carbonyl (C=O) groups is 1. The molecule has 25 heavy (non-hydrogen) atoms. The van der Waals surface area contributed by atoms with Gasteiger partial charge in [0.2, 0.25) is 5.65 Å². The van der Waals surface area contributed by atoms with Gasteiger partial charge in [-0.25, -0.2) is 9.78 Å². The quantitative estimate of drug-likeness (QED) is 0.725. The SMILES string of the molecule is Nc1cc2oc(N3CCOCC3)nc2nc1N1CC[C@@H](NC(=O)O)C1. The standard InChI is InChI=1S/C15H20N6O4/c16-10-7-11-12(19-14(25-11)20-3-5-24-6-4-20)18-13(10)21-2-1-9(8-21)17-15(22)23/h7,9,17H,1-6,8,16H2,(H,22,23)/t9-/m1/s1. The van der Waals surface area contributed by atoms with Crippen LogP contribution < -0.4 is 20.9 Å². The molecule has 1 atom stereocenters. The minimum atomic E-state index is -1.02. The summed E-state index contributed by atoms with van der Waals surface area (Å²) in [6.07, 6.45) is -0.307. The number of ether oxygens (including phenoxy) is 1. The summed E-state index contributed by atoms with van der Waals surface area (Å²) in [6.45, 7) is 3.95. The maximum atomic E-state index is 10.8. The van der Waals surface area contributed by atoms with Crippen molar-refractivity contribution in [3.63, 3.8) is 0 Å². The molecule has 1 amide bonds. The average Bonchev–Trinajstić information content (AvgIpc) is 3.20. The number of rotatable bonds is 3. The van der Waals surface area contributed by atoms with Gasteiger partial charge in [-0.05, 0) is 6.42 Å². The number of carboxylic acid groups (broad SMARTS) is 1. The summed E-state index contributed by atoms with van der Waals surface area (Å²) in [4.78, 5) is 23.8. The van der Waals surface area contributed by atoms with Crippen molar-refractivity contribution in [2.45, 2.75) is 12.5 Å². The minimum absolute atomic E-state index is 0.129. The topological polar surface area (TPSA) is 130 Å². The second kappa shape index (κ2) is 6.28. The summed E-state index contributed by atoms with van der Waals surface area (Å²) in [7, 11) is 0. The molecule has 2 saturated heterocycles. The van der Waals surface area contributed by atoms with Crippen LogP contribution in [0.25, 0.3) is 11.2 Å². The zero-order valence-electron chi connectivity index (χ0n) is 13.6. The van der Waals surface area contributed by atoms with Gasteiger partial charge in [-0.2, -0.15) is 4.98 Å². The van der Waals surface area contributed by atoms with E-state index in [4.69, 9.17) is 20.0 Å². The van der Waals surface area contributed by atoms with Gasteiger partial charge >= 0.3 is 6.09 Å². The first kappa shape index (κ1) is 15.8. The fourth-order valence-electron chi connectivity index (χ4n) is 3.25. The number of oxazole rings is 1. The third-order valence-electron chi connectivity index (χ3n) is 4.48. The van der Waals surface area contributed by atoms with Crippen LogP contribution in [0.4, 0.5) is 22.3 Å². The summed E-state index contributed by atoms with van der Waals surface area (Å²) in [6, 6.07) is 2.12. The Morgan fingerprint density at radius 3 is 2.84 bits per heavy atom. The zero-order chi connectivity index (χ0) is 17.4. The molecule has 0 unspecified atom stereocenters. The molecule has 10 heteroatoms. The zero-order valence-corrected chi connectivity index (χ0v) is 13.6. The molecule has 2 aliphatic heterocycles. The normalized spacial score (nSPS) is 21.0. The second-order valence-electron chi connectivity index (χ2n) is 6.20. The predicted molar refractivity (Wildman–Crippen MR) is 91.0 cm³/mol. The van der Waals surface area contributed by atoms with E-state index in [1.807, 2.05) is 9.80 Å². The van der Waals surface area contributed by atoms with Crippen LogP contribution in [-0.2, 0) is 4.74 Å². The van der Waals surface area contributed by atoms with E-state index in [0.717, 1.165) is 13.1 Å². The van der Waals surface area contributed by atoms with Crippen molar-refractivity contribution >= 4 is 34.8 Å². The third-order valence-corrected chi connectivity index (χ3v) is 4.48. The first-order valence-corrected chi connectivity index (χ1v) is 8.24. The monoisotopic (exact) mass is 348 g/mol. The number of morpholine rings is 1. The van der Waals surface area contributed by atoms with E-state index in [-0.39, 0.29) is 6.04 Å². The Labute approximate surface area is 143 Å². The Morgan fingerprint density at radius 1 is 1.28 bits per heavy atom. The lowest BCUT2D eigenvalue weighted by Crippen LogP contribution is -2.36. The van der Waals surface area contributed by atoms with E-state index < -0.39 is 6.09 Å². The number of nitrogen functional groups attached to an aromatic ring is 1. The van der Waals surface area contributed by atoms with E-state index >= 15 is 0 Å². The van der Waals surface area contributed by atoms with E-state index in [0.29, 0.717) is 61.5 Å². The first-order chi connectivity index (χ1) is 12.1. The van der Waals surface area contributed by atoms with Gasteiger partial charge in [0.05, 0.1) is 24.9 Å². The summed E-state index contributed by atoms with van der Waals surface area (Å²) < 4.78 is 11.1. The molecule has 2 aromatic heterocycles. The maximum Gasteiger partial charge on any atom is 0.404 e. The van der Waals surface area contributed by atoms with E-state index in [1.54, 1.807) is 6.07 Å². The van der Waals surface area contributed by atoms with Gasteiger partial charge in [0, 0.05) is 32.2 Å². The van der Waals surface area contributed by atoms with Crippen LogP contribution in [0.1, 0.15) is 6.42 Å². The Bertz CT molecular complexity index is 788. The van der Waals surface area contributed by atoms with Gasteiger partial charge in [0.15, 0.2) is 11.4 Å². The molecule has 4 rings (SSSR count). The molecule has 10 nitrogen and oxygen atoms in total. The molecule has 2 aromatic rings. The van der Waals surface area contributed by atoms with Crippen LogP contribution in [0.3, 0.4) is 0 Å². The van der Waals surface area contributed by atoms with Crippen LogP contribution >= 0.6 is 0 Å². The highest BCUT2D eigenvalue weighted by Gasteiger charge is 2.27. The number of anilines is 3. The molecule has 0 radical (unpaired) electrons. The van der Waals surface area contributed by atoms with Crippen molar-refractivity contribution in [2.24, 2.45) is 0 Å². The van der Waals surface area contributed by atoms with Gasteiger partial charge in [0.25, 0.3) is 6.01 Å². The molecular weight excluding hydrogens is 328 g/mol. The number of pyridine rings is 1. The van der Waals surface area contributed by atoms with E-state index in [9.17, 15) is 4.79 Å². The molecule has 134 valence electrons. The van der Waals surface area contributed by atoms with E-state index in [2.05, 4.69) is 15.3 Å². The molecule has 0 aromatic carbocycles. The number of nitrogens with one attached hydrogen (secondary N) is 1. The first-order valence-electron chi connectivity index (χ1n) is 8.24. The summed E-state index contributed by atoms with van der Waals surface area (Å²) in [5, 5.41) is 11.3. The van der Waals surface area contributed by atoms with Crippen LogP contribution in [0.15, 0.2) is 10.5 Å². The molecule has 0 saturated carbocycles. The van der Waals surface area contributed by atoms with Crippen LogP contribution in [0.5, 0.6) is 0 Å². The van der Waals surface area contributed by atoms with Crippen molar-refractivity contribution in [1.82, 2.24) is 15.3 Å². The molecular formula is C15H20N6O4. The fraction of sp³-hybridized carbons (Fsp3) is 0.533. The lowest BCUT2D eigenvalue weighted by molar-refractivity contribution is 0.120. The highest BCUT2D eigenvalue weighted by atomic mass is 16.5. The number of nitrogens with two attached hydrogens (primary N) is 1. The lowest BCUT2D eigenvalue weighted by Gasteiger charge is -2.24. The number of amides is 1. The van der Waals surface area contributed by atoms with Crippen LogP contribution in [0, 0.1) is 0 Å². The van der Waals surface area contributed by atoms with Crippen LogP contribution in [-0.4, -0.2) is 66.6 Å². The highest BCUT2D eigenvalue weighted by molar-refractivity contribution is 5.80. The van der Waals surface area contributed by atoms with E-state index in [1.165, 1.54) is 0 Å². The predicted octanol–water partition coefficient (Wildman–Crippen LogP) is 0.488. The molecule has 0 bridgehead atoms. The third kappa shape index (κ3) is 3.12. The molecule has 2 fully saturated rings. The number of aromatic nitrogens is 2. The van der Waals surface area contributed by atoms with Crippen molar-refractivity contribution in [2.75, 3.05) is 54.9 Å². The van der Waals surface area contributed by atoms with Crippen molar-refractivity contribution < 1.29 is 19.1 Å². The van der Waals surface area contributed by atoms with Crippen LogP contribution in [0.2, 0.25) is 0 Å². The molecule has 0 aliphatic carbocycles. The van der Waals surface area contributed by atoms with Crippen molar-refractivity contribution in [3.05, 3.63) is 6.07 Å².